The van der Waals surface area contributed by atoms with E-state index in [2.05, 4.69) is 0 Å². The highest BCUT2D eigenvalue weighted by molar-refractivity contribution is 14.1. The van der Waals surface area contributed by atoms with Crippen molar-refractivity contribution in [3.8, 4) is 0 Å². The first kappa shape index (κ1) is 10.9. The summed E-state index contributed by atoms with van der Waals surface area (Å²) in [4.78, 5) is 0. The minimum absolute atomic E-state index is 0.0575. The maximum Gasteiger partial charge on any atom is 0.419 e. The lowest BCUT2D eigenvalue weighted by Gasteiger charge is -2.12. The predicted molar refractivity (Wildman–Crippen MR) is 53.6 cm³/mol. The van der Waals surface area contributed by atoms with Crippen LogP contribution in [0.1, 0.15) is 5.56 Å². The molecule has 0 radical (unpaired) electrons. The van der Waals surface area contributed by atoms with Gasteiger partial charge in [0.25, 0.3) is 0 Å². The summed E-state index contributed by atoms with van der Waals surface area (Å²) in [5.74, 6) is 0. The molecule has 0 unspecified atom stereocenters. The maximum atomic E-state index is 12.3. The molecule has 0 aliphatic carbocycles. The molecule has 0 amide bonds. The van der Waals surface area contributed by atoms with Gasteiger partial charge in [0.05, 0.1) is 10.6 Å². The Morgan fingerprint density at radius 2 is 1.85 bits per heavy atom. The molecule has 72 valence electrons. The van der Waals surface area contributed by atoms with Crippen molar-refractivity contribution < 1.29 is 13.2 Å². The van der Waals surface area contributed by atoms with Crippen LogP contribution < -0.4 is 5.73 Å². The van der Waals surface area contributed by atoms with Crippen LogP contribution in [0.25, 0.3) is 0 Å². The van der Waals surface area contributed by atoms with Crippen LogP contribution in [0.4, 0.5) is 18.9 Å². The minimum Gasteiger partial charge on any atom is -0.398 e. The Bertz CT molecular complexity index is 337. The van der Waals surface area contributed by atoms with Gasteiger partial charge in [0, 0.05) is 9.26 Å². The number of halogens is 5. The Morgan fingerprint density at radius 1 is 1.31 bits per heavy atom. The van der Waals surface area contributed by atoms with Crippen LogP contribution in [-0.4, -0.2) is 0 Å². The van der Waals surface area contributed by atoms with Crippen molar-refractivity contribution in [3.63, 3.8) is 0 Å². The predicted octanol–water partition coefficient (Wildman–Crippen LogP) is 3.55. The van der Waals surface area contributed by atoms with Crippen LogP contribution in [0.3, 0.4) is 0 Å². The number of benzene rings is 1. The third-order valence-corrected chi connectivity index (χ3v) is 3.16. The lowest BCUT2D eigenvalue weighted by Crippen LogP contribution is -2.11. The fourth-order valence-electron chi connectivity index (χ4n) is 0.854. The van der Waals surface area contributed by atoms with Gasteiger partial charge in [-0.1, -0.05) is 11.6 Å². The molecule has 1 aromatic rings. The molecule has 2 N–H and O–H groups in total. The lowest BCUT2D eigenvalue weighted by molar-refractivity contribution is -0.137. The van der Waals surface area contributed by atoms with Crippen molar-refractivity contribution in [2.24, 2.45) is 0 Å². The number of anilines is 1. The molecular formula is C7H4ClF3IN. The minimum atomic E-state index is -4.45. The fraction of sp³-hybridized carbons (Fsp3) is 0.143. The van der Waals surface area contributed by atoms with Gasteiger partial charge in [-0.25, -0.2) is 0 Å². The van der Waals surface area contributed by atoms with Gasteiger partial charge in [-0.05, 0) is 34.7 Å². The molecule has 0 spiro atoms. The summed E-state index contributed by atoms with van der Waals surface area (Å²) in [7, 11) is 0. The molecule has 13 heavy (non-hydrogen) atoms. The molecule has 0 atom stereocenters. The van der Waals surface area contributed by atoms with Crippen LogP contribution in [0, 0.1) is 3.57 Å². The number of nitrogen functional groups attached to an aromatic ring is 1. The van der Waals surface area contributed by atoms with Crippen molar-refractivity contribution >= 4 is 39.9 Å². The van der Waals surface area contributed by atoms with E-state index in [9.17, 15) is 13.2 Å². The third kappa shape index (κ3) is 2.19. The molecular weight excluding hydrogens is 317 g/mol. The molecule has 0 saturated carbocycles. The summed E-state index contributed by atoms with van der Waals surface area (Å²) in [6.07, 6.45) is -4.45. The standard InChI is InChI=1S/C7H4ClF3IN/c8-3-1-2-4(13)5(6(3)12)7(9,10)11/h1-2H,13H2. The number of nitrogens with two attached hydrogens (primary N) is 1. The van der Waals surface area contributed by atoms with Crippen molar-refractivity contribution in [2.75, 3.05) is 5.73 Å². The van der Waals surface area contributed by atoms with Gasteiger partial charge in [0.1, 0.15) is 0 Å². The summed E-state index contributed by atoms with van der Waals surface area (Å²) < 4.78 is 37.0. The zero-order valence-corrected chi connectivity index (χ0v) is 9.04. The average Bonchev–Trinajstić information content (AvgIpc) is 1.95. The van der Waals surface area contributed by atoms with Crippen molar-refractivity contribution in [1.29, 1.82) is 0 Å². The zero-order chi connectivity index (χ0) is 10.2. The summed E-state index contributed by atoms with van der Waals surface area (Å²) in [5.41, 5.74) is 4.03. The number of alkyl halides is 3. The highest BCUT2D eigenvalue weighted by atomic mass is 127. The smallest absolute Gasteiger partial charge is 0.398 e. The van der Waals surface area contributed by atoms with E-state index in [4.69, 9.17) is 17.3 Å². The van der Waals surface area contributed by atoms with Gasteiger partial charge < -0.3 is 5.73 Å². The van der Waals surface area contributed by atoms with E-state index in [1.165, 1.54) is 28.7 Å². The first-order chi connectivity index (χ1) is 5.84. The fourth-order valence-corrected chi connectivity index (χ4v) is 1.81. The quantitative estimate of drug-likeness (QED) is 0.574. The van der Waals surface area contributed by atoms with E-state index in [1.54, 1.807) is 0 Å². The van der Waals surface area contributed by atoms with Crippen LogP contribution in [0.2, 0.25) is 5.02 Å². The Balaban J connectivity index is 3.43. The number of hydrogen-bond acceptors (Lipinski definition) is 1. The molecule has 0 aliphatic heterocycles. The molecule has 1 aromatic carbocycles. The summed E-state index contributed by atoms with van der Waals surface area (Å²) in [6.45, 7) is 0. The molecule has 0 aromatic heterocycles. The monoisotopic (exact) mass is 321 g/mol. The average molecular weight is 321 g/mol. The zero-order valence-electron chi connectivity index (χ0n) is 6.12. The summed E-state index contributed by atoms with van der Waals surface area (Å²) >= 11 is 7.05. The van der Waals surface area contributed by atoms with Crippen molar-refractivity contribution in [2.45, 2.75) is 6.18 Å². The Kier molecular flexibility index (Phi) is 2.96. The molecule has 6 heteroatoms. The van der Waals surface area contributed by atoms with Crippen LogP contribution in [0.15, 0.2) is 12.1 Å². The Morgan fingerprint density at radius 3 is 2.23 bits per heavy atom. The Hall–Kier alpha value is -0.170. The number of rotatable bonds is 0. The maximum absolute atomic E-state index is 12.3. The highest BCUT2D eigenvalue weighted by Gasteiger charge is 2.36. The van der Waals surface area contributed by atoms with E-state index in [0.717, 1.165) is 6.07 Å². The topological polar surface area (TPSA) is 26.0 Å². The van der Waals surface area contributed by atoms with Gasteiger partial charge in [0.15, 0.2) is 0 Å². The normalized spacial score (nSPS) is 11.8. The molecule has 1 rings (SSSR count). The van der Waals surface area contributed by atoms with Crippen molar-refractivity contribution in [1.82, 2.24) is 0 Å². The molecule has 0 aliphatic rings. The third-order valence-electron chi connectivity index (χ3n) is 1.41. The summed E-state index contributed by atoms with van der Waals surface area (Å²) in [6, 6.07) is 2.49. The molecule has 0 heterocycles. The van der Waals surface area contributed by atoms with Gasteiger partial charge in [-0.2, -0.15) is 13.2 Å². The first-order valence-corrected chi connectivity index (χ1v) is 4.60. The van der Waals surface area contributed by atoms with Gasteiger partial charge in [-0.3, -0.25) is 0 Å². The van der Waals surface area contributed by atoms with E-state index in [-0.39, 0.29) is 14.3 Å². The summed E-state index contributed by atoms with van der Waals surface area (Å²) in [5, 5.41) is 0.0575. The van der Waals surface area contributed by atoms with Crippen LogP contribution in [-0.2, 0) is 6.18 Å². The first-order valence-electron chi connectivity index (χ1n) is 3.14. The van der Waals surface area contributed by atoms with Gasteiger partial charge >= 0.3 is 6.18 Å². The second kappa shape index (κ2) is 3.53. The largest absolute Gasteiger partial charge is 0.419 e. The SMILES string of the molecule is Nc1ccc(Cl)c(I)c1C(F)(F)F. The van der Waals surface area contributed by atoms with E-state index < -0.39 is 11.7 Å². The molecule has 0 saturated heterocycles. The molecule has 0 bridgehead atoms. The van der Waals surface area contributed by atoms with Gasteiger partial charge in [-0.15, -0.1) is 0 Å². The second-order valence-electron chi connectivity index (χ2n) is 2.32. The van der Waals surface area contributed by atoms with Crippen LogP contribution >= 0.6 is 34.2 Å². The van der Waals surface area contributed by atoms with E-state index in [0.29, 0.717) is 0 Å². The van der Waals surface area contributed by atoms with Crippen LogP contribution in [0.5, 0.6) is 0 Å². The highest BCUT2D eigenvalue weighted by Crippen LogP contribution is 2.39. The van der Waals surface area contributed by atoms with Crippen molar-refractivity contribution in [3.05, 3.63) is 26.3 Å². The van der Waals surface area contributed by atoms with E-state index >= 15 is 0 Å². The van der Waals surface area contributed by atoms with E-state index in [1.807, 2.05) is 0 Å². The second-order valence-corrected chi connectivity index (χ2v) is 3.81. The Labute approximate surface area is 91.2 Å². The molecule has 0 fully saturated rings. The molecule has 1 nitrogen and oxygen atoms in total. The lowest BCUT2D eigenvalue weighted by atomic mass is 10.2. The number of hydrogen-bond donors (Lipinski definition) is 1. The van der Waals surface area contributed by atoms with Gasteiger partial charge in [0.2, 0.25) is 0 Å².